The molecule has 3 heterocycles. The second-order valence-corrected chi connectivity index (χ2v) is 5.92. The van der Waals surface area contributed by atoms with Crippen LogP contribution in [0.15, 0.2) is 30.6 Å². The highest BCUT2D eigenvalue weighted by Crippen LogP contribution is 2.27. The first-order valence-corrected chi connectivity index (χ1v) is 8.06. The van der Waals surface area contributed by atoms with Gasteiger partial charge in [0.1, 0.15) is 17.4 Å². The molecule has 1 atom stereocenters. The van der Waals surface area contributed by atoms with Gasteiger partial charge in [-0.25, -0.2) is 9.97 Å². The van der Waals surface area contributed by atoms with E-state index in [9.17, 15) is 0 Å². The van der Waals surface area contributed by atoms with Gasteiger partial charge in [-0.1, -0.05) is 25.1 Å². The van der Waals surface area contributed by atoms with Crippen molar-refractivity contribution in [2.75, 3.05) is 25.0 Å². The Balaban J connectivity index is 1.64. The van der Waals surface area contributed by atoms with Crippen LogP contribution in [0, 0.1) is 0 Å². The van der Waals surface area contributed by atoms with Gasteiger partial charge < -0.3 is 10.3 Å². The van der Waals surface area contributed by atoms with E-state index in [4.69, 9.17) is 0 Å². The monoisotopic (exact) mass is 295 g/mol. The first-order valence-electron chi connectivity index (χ1n) is 8.06. The van der Waals surface area contributed by atoms with Crippen LogP contribution in [-0.2, 0) is 0 Å². The Morgan fingerprint density at radius 3 is 3.14 bits per heavy atom. The van der Waals surface area contributed by atoms with Crippen LogP contribution in [0.25, 0.3) is 21.9 Å². The zero-order valence-electron chi connectivity index (χ0n) is 12.8. The molecule has 3 aromatic rings. The van der Waals surface area contributed by atoms with Gasteiger partial charge in [-0.3, -0.25) is 4.90 Å². The van der Waals surface area contributed by atoms with E-state index >= 15 is 0 Å². The highest BCUT2D eigenvalue weighted by molar-refractivity contribution is 6.07. The van der Waals surface area contributed by atoms with Gasteiger partial charge in [0.15, 0.2) is 5.82 Å². The van der Waals surface area contributed by atoms with E-state index in [1.807, 2.05) is 12.1 Å². The summed E-state index contributed by atoms with van der Waals surface area (Å²) in [7, 11) is 0. The standard InChI is InChI=1S/C17H21N5/c1-2-22-9-5-6-12(22)10-18-17-16-15(19-11-20-17)13-7-3-4-8-14(13)21-16/h3-4,7-8,11-12,21H,2,5-6,9-10H2,1H3,(H,18,19,20). The zero-order valence-corrected chi connectivity index (χ0v) is 12.8. The summed E-state index contributed by atoms with van der Waals surface area (Å²) in [5.41, 5.74) is 3.11. The number of para-hydroxylation sites is 1. The minimum Gasteiger partial charge on any atom is -0.367 e. The van der Waals surface area contributed by atoms with Crippen molar-refractivity contribution in [3.63, 3.8) is 0 Å². The molecule has 0 saturated carbocycles. The normalized spacial score (nSPS) is 19.2. The Labute approximate surface area is 129 Å². The number of hydrogen-bond acceptors (Lipinski definition) is 4. The van der Waals surface area contributed by atoms with E-state index < -0.39 is 0 Å². The number of aromatic amines is 1. The van der Waals surface area contributed by atoms with Crippen molar-refractivity contribution in [2.24, 2.45) is 0 Å². The Hall–Kier alpha value is -2.14. The van der Waals surface area contributed by atoms with E-state index in [1.165, 1.54) is 19.4 Å². The number of rotatable bonds is 4. The fraction of sp³-hybridized carbons (Fsp3) is 0.412. The molecule has 22 heavy (non-hydrogen) atoms. The lowest BCUT2D eigenvalue weighted by molar-refractivity contribution is 0.277. The Kier molecular flexibility index (Phi) is 3.42. The molecule has 1 unspecified atom stereocenters. The Bertz CT molecular complexity index is 794. The van der Waals surface area contributed by atoms with Crippen LogP contribution in [0.5, 0.6) is 0 Å². The molecule has 114 valence electrons. The number of likely N-dealkylation sites (N-methyl/N-ethyl adjacent to an activating group) is 1. The predicted octanol–water partition coefficient (Wildman–Crippen LogP) is 3.01. The largest absolute Gasteiger partial charge is 0.367 e. The first kappa shape index (κ1) is 13.5. The van der Waals surface area contributed by atoms with Crippen molar-refractivity contribution in [3.8, 4) is 0 Å². The average Bonchev–Trinajstić information content (AvgIpc) is 3.17. The maximum Gasteiger partial charge on any atom is 0.153 e. The number of hydrogen-bond donors (Lipinski definition) is 2. The molecule has 0 aliphatic carbocycles. The van der Waals surface area contributed by atoms with Gasteiger partial charge in [-0.2, -0.15) is 0 Å². The first-order chi connectivity index (χ1) is 10.9. The summed E-state index contributed by atoms with van der Waals surface area (Å²) in [6.07, 6.45) is 4.21. The fourth-order valence-corrected chi connectivity index (χ4v) is 3.53. The molecule has 0 amide bonds. The smallest absolute Gasteiger partial charge is 0.153 e. The molecule has 1 saturated heterocycles. The lowest BCUT2D eigenvalue weighted by Crippen LogP contribution is -2.34. The molecule has 1 aliphatic heterocycles. The number of likely N-dealkylation sites (tertiary alicyclic amines) is 1. The van der Waals surface area contributed by atoms with Gasteiger partial charge >= 0.3 is 0 Å². The molecule has 0 spiro atoms. The number of nitrogens with zero attached hydrogens (tertiary/aromatic N) is 3. The van der Waals surface area contributed by atoms with Crippen LogP contribution in [0.1, 0.15) is 19.8 Å². The van der Waals surface area contributed by atoms with Gasteiger partial charge in [0.2, 0.25) is 0 Å². The fourth-order valence-electron chi connectivity index (χ4n) is 3.53. The Morgan fingerprint density at radius 2 is 2.23 bits per heavy atom. The van der Waals surface area contributed by atoms with Crippen LogP contribution in [-0.4, -0.2) is 45.5 Å². The molecule has 0 radical (unpaired) electrons. The molecule has 1 fully saturated rings. The number of H-pyrrole nitrogens is 1. The van der Waals surface area contributed by atoms with E-state index in [0.29, 0.717) is 6.04 Å². The maximum atomic E-state index is 4.45. The molecule has 4 rings (SSSR count). The van der Waals surface area contributed by atoms with Crippen molar-refractivity contribution in [1.29, 1.82) is 0 Å². The van der Waals surface area contributed by atoms with E-state index in [2.05, 4.69) is 44.2 Å². The van der Waals surface area contributed by atoms with Gasteiger partial charge in [0, 0.05) is 23.5 Å². The third-order valence-corrected chi connectivity index (χ3v) is 4.70. The third kappa shape index (κ3) is 2.22. The van der Waals surface area contributed by atoms with Crippen molar-refractivity contribution < 1.29 is 0 Å². The number of aromatic nitrogens is 3. The summed E-state index contributed by atoms with van der Waals surface area (Å²) in [5, 5.41) is 4.68. The van der Waals surface area contributed by atoms with E-state index in [1.54, 1.807) is 6.33 Å². The molecule has 2 aromatic heterocycles. The Morgan fingerprint density at radius 1 is 1.32 bits per heavy atom. The van der Waals surface area contributed by atoms with Gasteiger partial charge in [-0.15, -0.1) is 0 Å². The maximum absolute atomic E-state index is 4.45. The third-order valence-electron chi connectivity index (χ3n) is 4.70. The predicted molar refractivity (Wildman–Crippen MR) is 90.2 cm³/mol. The van der Waals surface area contributed by atoms with Gasteiger partial charge in [0.25, 0.3) is 0 Å². The molecular weight excluding hydrogens is 274 g/mol. The molecule has 2 N–H and O–H groups in total. The van der Waals surface area contributed by atoms with Gasteiger partial charge in [-0.05, 0) is 32.0 Å². The summed E-state index contributed by atoms with van der Waals surface area (Å²) in [6, 6.07) is 8.87. The average molecular weight is 295 g/mol. The highest BCUT2D eigenvalue weighted by atomic mass is 15.2. The van der Waals surface area contributed by atoms with Crippen LogP contribution in [0.4, 0.5) is 5.82 Å². The molecule has 5 heteroatoms. The highest BCUT2D eigenvalue weighted by Gasteiger charge is 2.23. The number of nitrogens with one attached hydrogen (secondary N) is 2. The molecule has 1 aromatic carbocycles. The summed E-state index contributed by atoms with van der Waals surface area (Å²) in [4.78, 5) is 14.9. The molecule has 0 bridgehead atoms. The molecular formula is C17H21N5. The topological polar surface area (TPSA) is 56.8 Å². The molecule has 5 nitrogen and oxygen atoms in total. The van der Waals surface area contributed by atoms with Crippen LogP contribution in [0.3, 0.4) is 0 Å². The molecule has 1 aliphatic rings. The summed E-state index contributed by atoms with van der Waals surface area (Å²) in [6.45, 7) is 5.51. The van der Waals surface area contributed by atoms with Crippen LogP contribution >= 0.6 is 0 Å². The number of benzene rings is 1. The minimum atomic E-state index is 0.611. The van der Waals surface area contributed by atoms with Crippen molar-refractivity contribution in [1.82, 2.24) is 19.9 Å². The number of fused-ring (bicyclic) bond motifs is 3. The van der Waals surface area contributed by atoms with Gasteiger partial charge in [0.05, 0.1) is 0 Å². The van der Waals surface area contributed by atoms with Crippen molar-refractivity contribution >= 4 is 27.8 Å². The second-order valence-electron chi connectivity index (χ2n) is 5.92. The number of anilines is 1. The summed E-state index contributed by atoms with van der Waals surface area (Å²) < 4.78 is 0. The summed E-state index contributed by atoms with van der Waals surface area (Å²) >= 11 is 0. The van der Waals surface area contributed by atoms with Crippen LogP contribution in [0.2, 0.25) is 0 Å². The SMILES string of the molecule is CCN1CCCC1CNc1ncnc2c1[nH]c1ccccc12. The lowest BCUT2D eigenvalue weighted by atomic mass is 10.2. The van der Waals surface area contributed by atoms with E-state index in [0.717, 1.165) is 40.8 Å². The minimum absolute atomic E-state index is 0.611. The lowest BCUT2D eigenvalue weighted by Gasteiger charge is -2.23. The van der Waals surface area contributed by atoms with Crippen LogP contribution < -0.4 is 5.32 Å². The zero-order chi connectivity index (χ0) is 14.9. The van der Waals surface area contributed by atoms with E-state index in [-0.39, 0.29) is 0 Å². The quantitative estimate of drug-likeness (QED) is 0.777. The van der Waals surface area contributed by atoms with Crippen molar-refractivity contribution in [3.05, 3.63) is 30.6 Å². The summed E-state index contributed by atoms with van der Waals surface area (Å²) in [5.74, 6) is 0.907. The van der Waals surface area contributed by atoms with Crippen molar-refractivity contribution in [2.45, 2.75) is 25.8 Å². The second kappa shape index (κ2) is 5.57.